The molecule has 0 aliphatic carbocycles. The van der Waals surface area contributed by atoms with Gasteiger partial charge in [0.2, 0.25) is 12.9 Å². The molecule has 0 saturated carbocycles. The van der Waals surface area contributed by atoms with E-state index in [1.165, 1.54) is 25.8 Å². The maximum absolute atomic E-state index is 13.6. The van der Waals surface area contributed by atoms with Gasteiger partial charge in [-0.2, -0.15) is 5.26 Å². The van der Waals surface area contributed by atoms with E-state index in [9.17, 15) is 24.8 Å². The van der Waals surface area contributed by atoms with Crippen molar-refractivity contribution in [3.8, 4) is 34.8 Å². The van der Waals surface area contributed by atoms with Crippen molar-refractivity contribution >= 4 is 29.7 Å². The average molecular weight is 694 g/mol. The molecule has 2 aromatic carbocycles. The summed E-state index contributed by atoms with van der Waals surface area (Å²) in [6.07, 6.45) is -0.00580. The van der Waals surface area contributed by atoms with Crippen molar-refractivity contribution in [3.05, 3.63) is 39.4 Å². The summed E-state index contributed by atoms with van der Waals surface area (Å²) in [5, 5.41) is 22.2. The monoisotopic (exact) mass is 693 g/mol. The Bertz CT molecular complexity index is 1790. The van der Waals surface area contributed by atoms with Crippen LogP contribution >= 0.6 is 11.8 Å². The summed E-state index contributed by atoms with van der Waals surface area (Å²) >= 11 is 1.35. The maximum atomic E-state index is 13.6. The van der Waals surface area contributed by atoms with E-state index in [0.717, 1.165) is 11.1 Å². The zero-order valence-corrected chi connectivity index (χ0v) is 29.0. The first-order valence-electron chi connectivity index (χ1n) is 16.4. The number of aromatic hydroxyl groups is 1. The van der Waals surface area contributed by atoms with Crippen LogP contribution in [0.4, 0.5) is 0 Å². The molecule has 4 bridgehead atoms. The molecule has 2 fully saturated rings. The molecule has 0 amide bonds. The summed E-state index contributed by atoms with van der Waals surface area (Å²) in [7, 11) is 3.47. The molecule has 6 aliphatic rings. The number of aryl methyl sites for hydroxylation is 1. The number of thioether (sulfide) groups is 1. The van der Waals surface area contributed by atoms with Crippen molar-refractivity contribution in [1.82, 2.24) is 9.80 Å². The summed E-state index contributed by atoms with van der Waals surface area (Å²) in [5.74, 6) is -0.135. The van der Waals surface area contributed by atoms with E-state index >= 15 is 0 Å². The third-order valence-corrected chi connectivity index (χ3v) is 11.7. The minimum absolute atomic E-state index is 0.0214. The van der Waals surface area contributed by atoms with Gasteiger partial charge in [0, 0.05) is 53.4 Å². The third kappa shape index (κ3) is 5.08. The third-order valence-electron chi connectivity index (χ3n) is 10.3. The largest absolute Gasteiger partial charge is 0.504 e. The number of rotatable bonds is 5. The molecule has 1 unspecified atom stereocenters. The van der Waals surface area contributed by atoms with Crippen LogP contribution in [0.3, 0.4) is 0 Å². The standard InChI is InChI=1S/C35H39N3O10S/c1-7-8-23(40)48-22-13-49-34-26-25(33-32(45-14-46-33)16(3)31(26)47-17(4)39)21(12-44-35(22)42)38-20(11-36)19-10-18-9-15(2)30(43-6)29(41)24(18)27(28(34)38)37(19)5/h9,19-22,27-28,34,41H,7-8,10,12-14H2,1-6H3/t19-,20-,21-,22-,27+,28?,34+/m0/s1. The lowest BCUT2D eigenvalue weighted by atomic mass is 9.71. The quantitative estimate of drug-likeness (QED) is 0.355. The van der Waals surface area contributed by atoms with Gasteiger partial charge in [-0.05, 0) is 44.9 Å². The molecule has 0 radical (unpaired) electrons. The van der Waals surface area contributed by atoms with Crippen molar-refractivity contribution in [3.63, 3.8) is 0 Å². The molecular weight excluding hydrogens is 654 g/mol. The smallest absolute Gasteiger partial charge is 0.348 e. The molecule has 7 atom stereocenters. The van der Waals surface area contributed by atoms with Crippen LogP contribution in [-0.4, -0.2) is 90.4 Å². The molecule has 1 N–H and O–H groups in total. The number of nitrogens with zero attached hydrogens (tertiary/aromatic N) is 3. The SMILES string of the molecule is CCCC(=O)O[C@H]1CS[C@@H]2c3c(OC(C)=O)c(C)c4c(c3[C@H](COC1=O)N1C2[C@H]2c3c(cc(C)c(OC)c3O)C[C@@H]([C@@H]1C#N)N2C)OCO4. The molecule has 260 valence electrons. The molecule has 49 heavy (non-hydrogen) atoms. The van der Waals surface area contributed by atoms with Crippen LogP contribution in [-0.2, 0) is 30.3 Å². The van der Waals surface area contributed by atoms with E-state index in [1.54, 1.807) is 6.92 Å². The summed E-state index contributed by atoms with van der Waals surface area (Å²) in [6.45, 7) is 6.58. The Morgan fingerprint density at radius 3 is 2.59 bits per heavy atom. The lowest BCUT2D eigenvalue weighted by molar-refractivity contribution is -0.169. The zero-order chi connectivity index (χ0) is 34.9. The summed E-state index contributed by atoms with van der Waals surface area (Å²) in [5.41, 5.74) is 4.23. The van der Waals surface area contributed by atoms with Gasteiger partial charge in [-0.1, -0.05) is 13.0 Å². The van der Waals surface area contributed by atoms with Gasteiger partial charge in [0.15, 0.2) is 23.0 Å². The molecule has 0 aromatic heterocycles. The highest BCUT2D eigenvalue weighted by atomic mass is 32.2. The Kier molecular flexibility index (Phi) is 8.57. The molecule has 8 rings (SSSR count). The predicted molar refractivity (Wildman–Crippen MR) is 175 cm³/mol. The van der Waals surface area contributed by atoms with Crippen LogP contribution < -0.4 is 18.9 Å². The van der Waals surface area contributed by atoms with Crippen molar-refractivity contribution in [2.75, 3.05) is 33.3 Å². The topological polar surface area (TPSA) is 157 Å². The molecule has 6 aliphatic heterocycles. The van der Waals surface area contributed by atoms with Crippen molar-refractivity contribution in [1.29, 1.82) is 5.26 Å². The number of ether oxygens (including phenoxy) is 6. The van der Waals surface area contributed by atoms with Crippen molar-refractivity contribution < 1.29 is 47.9 Å². The molecular formula is C35H39N3O10S. The number of hydrogen-bond acceptors (Lipinski definition) is 14. The number of methoxy groups -OCH3 is 1. The lowest BCUT2D eigenvalue weighted by Crippen LogP contribution is -2.69. The number of nitriles is 1. The molecule has 0 spiro atoms. The fraction of sp³-hybridized carbons (Fsp3) is 0.543. The number of carbonyl (C=O) groups is 3. The number of piperazine rings is 1. The van der Waals surface area contributed by atoms with Crippen LogP contribution in [0.2, 0.25) is 0 Å². The van der Waals surface area contributed by atoms with Crippen LogP contribution in [0, 0.1) is 25.2 Å². The minimum Gasteiger partial charge on any atom is -0.504 e. The number of carbonyl (C=O) groups excluding carboxylic acids is 3. The Morgan fingerprint density at radius 2 is 1.90 bits per heavy atom. The van der Waals surface area contributed by atoms with Gasteiger partial charge in [-0.3, -0.25) is 19.4 Å². The number of likely N-dealkylation sites (N-methyl/N-ethyl adjacent to an activating group) is 1. The highest BCUT2D eigenvalue weighted by Gasteiger charge is 2.60. The number of esters is 3. The lowest BCUT2D eigenvalue weighted by Gasteiger charge is -2.61. The number of phenols is 1. The van der Waals surface area contributed by atoms with Gasteiger partial charge in [-0.15, -0.1) is 11.8 Å². The van der Waals surface area contributed by atoms with Gasteiger partial charge in [0.25, 0.3) is 0 Å². The Labute approximate surface area is 288 Å². The Balaban J connectivity index is 1.51. The second kappa shape index (κ2) is 12.6. The number of phenolic OH excluding ortho intramolecular Hbond substituents is 1. The fourth-order valence-corrected chi connectivity index (χ4v) is 9.93. The average Bonchev–Trinajstić information content (AvgIpc) is 3.54. The second-order valence-corrected chi connectivity index (χ2v) is 14.3. The molecule has 6 heterocycles. The minimum atomic E-state index is -1.19. The van der Waals surface area contributed by atoms with Crippen LogP contribution in [0.5, 0.6) is 28.7 Å². The molecule has 2 aromatic rings. The summed E-state index contributed by atoms with van der Waals surface area (Å²) < 4.78 is 35.3. The number of hydrogen-bond donors (Lipinski definition) is 1. The first kappa shape index (κ1) is 33.3. The van der Waals surface area contributed by atoms with Gasteiger partial charge < -0.3 is 33.5 Å². The molecule has 2 saturated heterocycles. The van der Waals surface area contributed by atoms with Gasteiger partial charge >= 0.3 is 17.9 Å². The van der Waals surface area contributed by atoms with Crippen LogP contribution in [0.25, 0.3) is 0 Å². The number of fused-ring (bicyclic) bond motifs is 10. The fourth-order valence-electron chi connectivity index (χ4n) is 8.45. The highest BCUT2D eigenvalue weighted by molar-refractivity contribution is 7.99. The Morgan fingerprint density at radius 1 is 1.14 bits per heavy atom. The van der Waals surface area contributed by atoms with E-state index in [4.69, 9.17) is 28.4 Å². The van der Waals surface area contributed by atoms with E-state index < -0.39 is 53.4 Å². The number of benzene rings is 2. The summed E-state index contributed by atoms with van der Waals surface area (Å²) in [6, 6.07) is 1.85. The summed E-state index contributed by atoms with van der Waals surface area (Å²) in [4.78, 5) is 43.1. The van der Waals surface area contributed by atoms with Gasteiger partial charge in [0.05, 0.1) is 30.5 Å². The van der Waals surface area contributed by atoms with E-state index in [1.807, 2.05) is 27.0 Å². The second-order valence-electron chi connectivity index (χ2n) is 13.1. The van der Waals surface area contributed by atoms with E-state index in [-0.39, 0.29) is 37.4 Å². The normalized spacial score (nSPS) is 28.3. The maximum Gasteiger partial charge on any atom is 0.348 e. The molecule has 14 heteroatoms. The van der Waals surface area contributed by atoms with Crippen LogP contribution in [0.15, 0.2) is 6.07 Å². The van der Waals surface area contributed by atoms with Crippen molar-refractivity contribution in [2.45, 2.75) is 88.5 Å². The first-order valence-corrected chi connectivity index (χ1v) is 17.5. The zero-order valence-electron chi connectivity index (χ0n) is 28.2. The predicted octanol–water partition coefficient (Wildman–Crippen LogP) is 3.94. The Hall–Kier alpha value is -4.19. The van der Waals surface area contributed by atoms with Gasteiger partial charge in [-0.25, -0.2) is 4.79 Å². The van der Waals surface area contributed by atoms with Gasteiger partial charge in [0.1, 0.15) is 18.4 Å². The van der Waals surface area contributed by atoms with Crippen LogP contribution in [0.1, 0.15) is 77.4 Å². The van der Waals surface area contributed by atoms with E-state index in [0.29, 0.717) is 58.1 Å². The van der Waals surface area contributed by atoms with E-state index in [2.05, 4.69) is 15.9 Å². The first-order chi connectivity index (χ1) is 23.5. The highest BCUT2D eigenvalue weighted by Crippen LogP contribution is 2.64. The van der Waals surface area contributed by atoms with Crippen molar-refractivity contribution in [2.24, 2.45) is 0 Å². The molecule has 13 nitrogen and oxygen atoms in total.